The Hall–Kier alpha value is -3.86. The number of fused-ring (bicyclic) bond motifs is 2. The lowest BCUT2D eigenvalue weighted by Gasteiger charge is -2.18. The Labute approximate surface area is 229 Å². The molecule has 1 aliphatic rings. The van der Waals surface area contributed by atoms with Crippen molar-refractivity contribution in [3.05, 3.63) is 80.8 Å². The molecule has 1 N–H and O–H groups in total. The molecule has 0 saturated carbocycles. The first kappa shape index (κ1) is 24.5. The monoisotopic (exact) mass is 564 g/mol. The number of phenolic OH excluding ortho intramolecular Hbond substituents is 1. The maximum atomic E-state index is 12.8. The van der Waals surface area contributed by atoms with Gasteiger partial charge in [0.05, 0.1) is 0 Å². The Morgan fingerprint density at radius 3 is 2.32 bits per heavy atom. The van der Waals surface area contributed by atoms with Crippen LogP contribution in [-0.4, -0.2) is 31.5 Å². The summed E-state index contributed by atoms with van der Waals surface area (Å²) in [6.07, 6.45) is 0. The van der Waals surface area contributed by atoms with E-state index in [1.807, 2.05) is 30.3 Å². The Kier molecular flexibility index (Phi) is 6.75. The van der Waals surface area contributed by atoms with E-state index in [2.05, 4.69) is 0 Å². The minimum Gasteiger partial charge on any atom is -0.507 e. The Morgan fingerprint density at radius 1 is 0.816 bits per heavy atom. The molecule has 0 amide bonds. The molecule has 0 fully saturated rings. The summed E-state index contributed by atoms with van der Waals surface area (Å²) < 4.78 is 29.6. The predicted molar refractivity (Wildman–Crippen MR) is 150 cm³/mol. The van der Waals surface area contributed by atoms with E-state index in [4.69, 9.17) is 35.6 Å². The molecule has 5 aromatic rings. The third kappa shape index (κ3) is 5.10. The quantitative estimate of drug-likeness (QED) is 0.130. The zero-order valence-electron chi connectivity index (χ0n) is 19.8. The Balaban J connectivity index is 1.15. The molecule has 7 nitrogen and oxygen atoms in total. The van der Waals surface area contributed by atoms with Crippen LogP contribution >= 0.6 is 32.9 Å². The van der Waals surface area contributed by atoms with Crippen molar-refractivity contribution in [1.82, 2.24) is 0 Å². The van der Waals surface area contributed by atoms with Crippen molar-refractivity contribution >= 4 is 43.9 Å². The molecule has 0 atom stereocenters. The van der Waals surface area contributed by atoms with Gasteiger partial charge in [-0.25, -0.2) is 0 Å². The van der Waals surface area contributed by atoms with Crippen LogP contribution < -0.4 is 24.4 Å². The molecule has 38 heavy (non-hydrogen) atoms. The molecule has 3 heterocycles. The minimum atomic E-state index is -0.362. The molecule has 10 heteroatoms. The maximum Gasteiger partial charge on any atom is 0.197 e. The van der Waals surface area contributed by atoms with E-state index in [1.165, 1.54) is 12.1 Å². The molecule has 2 aromatic heterocycles. The number of hydrogen-bond acceptors (Lipinski definition) is 10. The summed E-state index contributed by atoms with van der Waals surface area (Å²) in [5.74, 6) is 2.43. The van der Waals surface area contributed by atoms with Crippen molar-refractivity contribution in [3.8, 4) is 50.5 Å². The summed E-state index contributed by atoms with van der Waals surface area (Å²) in [5.41, 5.74) is 1.60. The highest BCUT2D eigenvalue weighted by atomic mass is 32.9. The van der Waals surface area contributed by atoms with Gasteiger partial charge < -0.3 is 28.5 Å². The zero-order valence-corrected chi connectivity index (χ0v) is 22.3. The van der Waals surface area contributed by atoms with E-state index in [1.54, 1.807) is 44.9 Å². The predicted octanol–water partition coefficient (Wildman–Crippen LogP) is 6.91. The number of benzene rings is 3. The smallest absolute Gasteiger partial charge is 0.197 e. The fourth-order valence-electron chi connectivity index (χ4n) is 4.07. The highest BCUT2D eigenvalue weighted by Crippen LogP contribution is 2.36. The molecule has 6 rings (SSSR count). The molecule has 1 aliphatic heterocycles. The number of ether oxygens (including phenoxy) is 4. The minimum absolute atomic E-state index is 0.0877. The van der Waals surface area contributed by atoms with Gasteiger partial charge in [-0.3, -0.25) is 4.79 Å². The summed E-state index contributed by atoms with van der Waals surface area (Å²) >= 11 is 5.20. The van der Waals surface area contributed by atoms with Crippen LogP contribution in [0, 0.1) is 3.82 Å². The van der Waals surface area contributed by atoms with Crippen LogP contribution in [0.1, 0.15) is 0 Å². The van der Waals surface area contributed by atoms with Crippen molar-refractivity contribution < 1.29 is 28.5 Å². The van der Waals surface area contributed by atoms with Crippen LogP contribution in [0.4, 0.5) is 0 Å². The van der Waals surface area contributed by atoms with Crippen LogP contribution in [0.2, 0.25) is 0 Å². The van der Waals surface area contributed by atoms with Gasteiger partial charge in [0.25, 0.3) is 0 Å². The van der Waals surface area contributed by atoms with Gasteiger partial charge in [0, 0.05) is 28.6 Å². The van der Waals surface area contributed by atoms with Gasteiger partial charge in [-0.1, -0.05) is 32.9 Å². The lowest BCUT2D eigenvalue weighted by atomic mass is 10.1. The van der Waals surface area contributed by atoms with Crippen LogP contribution in [0.3, 0.4) is 0 Å². The highest BCUT2D eigenvalue weighted by Gasteiger charge is 2.16. The van der Waals surface area contributed by atoms with Crippen molar-refractivity contribution in [2.24, 2.45) is 0 Å². The van der Waals surface area contributed by atoms with E-state index < -0.39 is 0 Å². The third-order valence-corrected chi connectivity index (χ3v) is 8.74. The van der Waals surface area contributed by atoms with Crippen LogP contribution in [0.25, 0.3) is 32.7 Å². The van der Waals surface area contributed by atoms with Gasteiger partial charge in [0.1, 0.15) is 64.2 Å². The number of rotatable bonds is 7. The van der Waals surface area contributed by atoms with Crippen molar-refractivity contribution in [2.45, 2.75) is 0 Å². The van der Waals surface area contributed by atoms with Crippen LogP contribution in [0.5, 0.6) is 28.7 Å². The molecule has 3 aromatic carbocycles. The summed E-state index contributed by atoms with van der Waals surface area (Å²) in [7, 11) is 3.24. The summed E-state index contributed by atoms with van der Waals surface area (Å²) in [6, 6.07) is 19.4. The van der Waals surface area contributed by atoms with Gasteiger partial charge in [0.15, 0.2) is 16.9 Å². The van der Waals surface area contributed by atoms with Gasteiger partial charge in [-0.2, -0.15) is 0 Å². The second kappa shape index (κ2) is 10.5. The van der Waals surface area contributed by atoms with Gasteiger partial charge in [-0.15, -0.1) is 0 Å². The normalized spacial score (nSPS) is 12.4. The lowest BCUT2D eigenvalue weighted by molar-refractivity contribution is 0.171. The molecule has 0 radical (unpaired) electrons. The standard InChI is InChI=1S/C28H20O7S3/c29-20-12-19(32-8-7-31-18-4-1-16(2-5-18)26-15-27(36)38-37-26)13-25-28(20)21(30)14-23(35-25)17-3-6-22-24(11-17)34-10-9-33-22/h1-6,11-15,29H,7-10H2. The number of aromatic hydroxyl groups is 1. The number of phenols is 1. The van der Waals surface area contributed by atoms with Crippen molar-refractivity contribution in [2.75, 3.05) is 26.4 Å². The average Bonchev–Trinajstić information content (AvgIpc) is 3.37. The molecule has 0 aliphatic carbocycles. The third-order valence-electron chi connectivity index (χ3n) is 5.83. The van der Waals surface area contributed by atoms with Gasteiger partial charge in [0.2, 0.25) is 0 Å². The van der Waals surface area contributed by atoms with E-state index in [-0.39, 0.29) is 35.4 Å². The fourth-order valence-corrected chi connectivity index (χ4v) is 6.48. The second-order valence-electron chi connectivity index (χ2n) is 8.36. The molecule has 0 saturated heterocycles. The Bertz CT molecular complexity index is 1730. The largest absolute Gasteiger partial charge is 0.507 e. The first-order chi connectivity index (χ1) is 18.5. The van der Waals surface area contributed by atoms with Crippen molar-refractivity contribution in [1.29, 1.82) is 0 Å². The summed E-state index contributed by atoms with van der Waals surface area (Å²) in [4.78, 5) is 13.9. The highest BCUT2D eigenvalue weighted by molar-refractivity contribution is 7.80. The molecule has 0 bridgehead atoms. The fraction of sp³-hybridized carbons (Fsp3) is 0.143. The molecular weight excluding hydrogens is 545 g/mol. The first-order valence-electron chi connectivity index (χ1n) is 11.7. The Morgan fingerprint density at radius 2 is 1.55 bits per heavy atom. The van der Waals surface area contributed by atoms with Gasteiger partial charge in [-0.05, 0) is 54.1 Å². The SMILES string of the molecule is O=c1cc(-c2ccc3c(c2)OCCO3)oc2cc(OCCOc3ccc(-c4cc(=S)ss4)cc3)cc(O)c12. The summed E-state index contributed by atoms with van der Waals surface area (Å²) in [5, 5.41) is 10.6. The van der Waals surface area contributed by atoms with E-state index >= 15 is 0 Å². The van der Waals surface area contributed by atoms with E-state index in [0.29, 0.717) is 47.5 Å². The molecular formula is C28H20O7S3. The van der Waals surface area contributed by atoms with Crippen LogP contribution in [0.15, 0.2) is 75.9 Å². The first-order valence-corrected chi connectivity index (χ1v) is 14.3. The maximum absolute atomic E-state index is 12.8. The second-order valence-corrected chi connectivity index (χ2v) is 11.3. The molecule has 0 spiro atoms. The lowest BCUT2D eigenvalue weighted by Crippen LogP contribution is -2.15. The van der Waals surface area contributed by atoms with E-state index in [0.717, 1.165) is 14.3 Å². The van der Waals surface area contributed by atoms with Gasteiger partial charge >= 0.3 is 0 Å². The summed E-state index contributed by atoms with van der Waals surface area (Å²) in [6.45, 7) is 1.46. The number of hydrogen-bond donors (Lipinski definition) is 1. The zero-order chi connectivity index (χ0) is 26.1. The van der Waals surface area contributed by atoms with E-state index in [9.17, 15) is 9.90 Å². The van der Waals surface area contributed by atoms with Crippen LogP contribution in [-0.2, 0) is 0 Å². The average molecular weight is 565 g/mol. The topological polar surface area (TPSA) is 87.4 Å². The molecule has 192 valence electrons. The van der Waals surface area contributed by atoms with Crippen molar-refractivity contribution in [3.63, 3.8) is 0 Å². The molecule has 0 unspecified atom stereocenters.